The highest BCUT2D eigenvalue weighted by Crippen LogP contribution is 2.17. The molecule has 0 saturated carbocycles. The average molecular weight is 320 g/mol. The average Bonchev–Trinajstić information content (AvgIpc) is 2.46. The number of carbonyl (C=O) groups excluding carboxylic acids is 2. The number of aliphatic hydroxyl groups is 1. The number of nitrogens with one attached hydrogen (secondary N) is 2. The Balaban J connectivity index is 2.69. The Morgan fingerprint density at radius 3 is 2.35 bits per heavy atom. The van der Waals surface area contributed by atoms with Gasteiger partial charge in [-0.2, -0.15) is 0 Å². The largest absolute Gasteiger partial charge is 0.392 e. The molecule has 1 aromatic carbocycles. The van der Waals surface area contributed by atoms with Gasteiger partial charge in [0, 0.05) is 17.8 Å². The van der Waals surface area contributed by atoms with Crippen molar-refractivity contribution in [3.63, 3.8) is 0 Å². The van der Waals surface area contributed by atoms with Crippen LogP contribution in [-0.4, -0.2) is 29.6 Å². The molecular formula is C18H28N2O3. The van der Waals surface area contributed by atoms with Crippen molar-refractivity contribution < 1.29 is 14.7 Å². The molecule has 0 bridgehead atoms. The predicted molar refractivity (Wildman–Crippen MR) is 92.4 cm³/mol. The van der Waals surface area contributed by atoms with E-state index in [2.05, 4.69) is 10.6 Å². The lowest BCUT2D eigenvalue weighted by Crippen LogP contribution is -2.27. The van der Waals surface area contributed by atoms with Gasteiger partial charge in [-0.05, 0) is 42.5 Å². The van der Waals surface area contributed by atoms with Crippen molar-refractivity contribution in [1.29, 1.82) is 0 Å². The van der Waals surface area contributed by atoms with Crippen LogP contribution in [0.3, 0.4) is 0 Å². The van der Waals surface area contributed by atoms with E-state index in [1.807, 2.05) is 34.6 Å². The highest BCUT2D eigenvalue weighted by molar-refractivity contribution is 5.96. The van der Waals surface area contributed by atoms with E-state index >= 15 is 0 Å². The lowest BCUT2D eigenvalue weighted by atomic mass is 10.0. The Kier molecular flexibility index (Phi) is 7.23. The molecule has 0 radical (unpaired) electrons. The molecule has 0 aliphatic heterocycles. The van der Waals surface area contributed by atoms with Crippen molar-refractivity contribution in [2.45, 2.75) is 47.1 Å². The molecule has 0 aliphatic carbocycles. The van der Waals surface area contributed by atoms with E-state index in [1.165, 1.54) is 0 Å². The Morgan fingerprint density at radius 2 is 1.83 bits per heavy atom. The molecule has 0 heterocycles. The van der Waals surface area contributed by atoms with Gasteiger partial charge < -0.3 is 15.7 Å². The summed E-state index contributed by atoms with van der Waals surface area (Å²) in [4.78, 5) is 23.9. The number of amides is 2. The molecule has 0 aromatic heterocycles. The van der Waals surface area contributed by atoms with Crippen LogP contribution in [0, 0.1) is 18.8 Å². The molecule has 5 heteroatoms. The van der Waals surface area contributed by atoms with Crippen molar-refractivity contribution in [1.82, 2.24) is 5.32 Å². The van der Waals surface area contributed by atoms with Crippen LogP contribution in [0.15, 0.2) is 18.2 Å². The standard InChI is InChI=1S/C18H28N2O3/c1-11(2)10-19-18(23)14-6-7-15(13(5)8-14)20-17(22)9-16(21)12(3)4/h6-8,11-12,16,21H,9-10H2,1-5H3,(H,19,23)(H,20,22). The fourth-order valence-corrected chi connectivity index (χ4v) is 1.97. The number of aryl methyl sites for hydroxylation is 1. The summed E-state index contributed by atoms with van der Waals surface area (Å²) in [7, 11) is 0. The van der Waals surface area contributed by atoms with Gasteiger partial charge in [0.2, 0.25) is 5.91 Å². The Labute approximate surface area is 138 Å². The molecule has 128 valence electrons. The third-order valence-corrected chi connectivity index (χ3v) is 3.60. The van der Waals surface area contributed by atoms with E-state index < -0.39 is 6.10 Å². The number of benzene rings is 1. The molecule has 2 amide bonds. The number of rotatable bonds is 7. The van der Waals surface area contributed by atoms with Crippen LogP contribution in [0.5, 0.6) is 0 Å². The van der Waals surface area contributed by atoms with Gasteiger partial charge in [0.1, 0.15) is 0 Å². The zero-order valence-electron chi connectivity index (χ0n) is 14.6. The molecule has 1 aromatic rings. The van der Waals surface area contributed by atoms with Gasteiger partial charge in [0.05, 0.1) is 12.5 Å². The molecule has 0 saturated heterocycles. The maximum Gasteiger partial charge on any atom is 0.251 e. The summed E-state index contributed by atoms with van der Waals surface area (Å²) in [6.07, 6.45) is -0.593. The third-order valence-electron chi connectivity index (χ3n) is 3.60. The number of hydrogen-bond donors (Lipinski definition) is 3. The second-order valence-electron chi connectivity index (χ2n) is 6.70. The predicted octanol–water partition coefficient (Wildman–Crippen LogP) is 2.73. The first-order valence-corrected chi connectivity index (χ1v) is 8.07. The summed E-state index contributed by atoms with van der Waals surface area (Å²) in [5, 5.41) is 15.4. The Hall–Kier alpha value is -1.88. The topological polar surface area (TPSA) is 78.4 Å². The van der Waals surface area contributed by atoms with Crippen molar-refractivity contribution >= 4 is 17.5 Å². The van der Waals surface area contributed by atoms with Crippen LogP contribution >= 0.6 is 0 Å². The van der Waals surface area contributed by atoms with Gasteiger partial charge in [-0.25, -0.2) is 0 Å². The van der Waals surface area contributed by atoms with Crippen LogP contribution in [0.2, 0.25) is 0 Å². The Bertz CT molecular complexity index is 553. The highest BCUT2D eigenvalue weighted by atomic mass is 16.3. The first-order valence-electron chi connectivity index (χ1n) is 8.07. The molecule has 3 N–H and O–H groups in total. The lowest BCUT2D eigenvalue weighted by Gasteiger charge is -2.15. The highest BCUT2D eigenvalue weighted by Gasteiger charge is 2.15. The van der Waals surface area contributed by atoms with E-state index in [1.54, 1.807) is 18.2 Å². The molecule has 0 spiro atoms. The second-order valence-corrected chi connectivity index (χ2v) is 6.70. The molecule has 0 aliphatic rings. The molecule has 1 atom stereocenters. The van der Waals surface area contributed by atoms with Crippen molar-refractivity contribution in [3.8, 4) is 0 Å². The van der Waals surface area contributed by atoms with Crippen LogP contribution in [-0.2, 0) is 4.79 Å². The van der Waals surface area contributed by atoms with E-state index in [-0.39, 0.29) is 24.2 Å². The minimum Gasteiger partial charge on any atom is -0.392 e. The molecule has 1 unspecified atom stereocenters. The minimum absolute atomic E-state index is 0.0360. The maximum atomic E-state index is 12.0. The van der Waals surface area contributed by atoms with Crippen LogP contribution in [0.4, 0.5) is 5.69 Å². The number of anilines is 1. The smallest absolute Gasteiger partial charge is 0.251 e. The summed E-state index contributed by atoms with van der Waals surface area (Å²) >= 11 is 0. The molecule has 1 rings (SSSR count). The summed E-state index contributed by atoms with van der Waals surface area (Å²) in [6, 6.07) is 5.17. The summed E-state index contributed by atoms with van der Waals surface area (Å²) in [5.41, 5.74) is 2.05. The van der Waals surface area contributed by atoms with E-state index in [0.717, 1.165) is 5.56 Å². The van der Waals surface area contributed by atoms with Crippen LogP contribution in [0.1, 0.15) is 50.0 Å². The van der Waals surface area contributed by atoms with Gasteiger partial charge in [-0.1, -0.05) is 27.7 Å². The molecule has 0 fully saturated rings. The maximum absolute atomic E-state index is 12.0. The molecule has 23 heavy (non-hydrogen) atoms. The molecular weight excluding hydrogens is 292 g/mol. The third kappa shape index (κ3) is 6.40. The van der Waals surface area contributed by atoms with E-state index in [0.29, 0.717) is 23.7 Å². The summed E-state index contributed by atoms with van der Waals surface area (Å²) < 4.78 is 0. The fraction of sp³-hybridized carbons (Fsp3) is 0.556. The second kappa shape index (κ2) is 8.67. The fourth-order valence-electron chi connectivity index (χ4n) is 1.97. The zero-order valence-corrected chi connectivity index (χ0v) is 14.6. The van der Waals surface area contributed by atoms with Gasteiger partial charge in [-0.3, -0.25) is 9.59 Å². The van der Waals surface area contributed by atoms with E-state index in [4.69, 9.17) is 0 Å². The normalized spacial score (nSPS) is 12.3. The number of carbonyl (C=O) groups is 2. The van der Waals surface area contributed by atoms with Gasteiger partial charge in [-0.15, -0.1) is 0 Å². The molecule has 5 nitrogen and oxygen atoms in total. The summed E-state index contributed by atoms with van der Waals surface area (Å²) in [6.45, 7) is 10.3. The van der Waals surface area contributed by atoms with Gasteiger partial charge >= 0.3 is 0 Å². The van der Waals surface area contributed by atoms with E-state index in [9.17, 15) is 14.7 Å². The zero-order chi connectivity index (χ0) is 17.6. The monoisotopic (exact) mass is 320 g/mol. The van der Waals surface area contributed by atoms with Crippen LogP contribution in [0.25, 0.3) is 0 Å². The first kappa shape index (κ1) is 19.2. The summed E-state index contributed by atoms with van der Waals surface area (Å²) in [5.74, 6) is 0.0843. The minimum atomic E-state index is -0.656. The lowest BCUT2D eigenvalue weighted by molar-refractivity contribution is -0.118. The quantitative estimate of drug-likeness (QED) is 0.723. The Morgan fingerprint density at radius 1 is 1.17 bits per heavy atom. The van der Waals surface area contributed by atoms with Crippen molar-refractivity contribution in [3.05, 3.63) is 29.3 Å². The number of hydrogen-bond acceptors (Lipinski definition) is 3. The first-order chi connectivity index (χ1) is 10.7. The van der Waals surface area contributed by atoms with Crippen LogP contribution < -0.4 is 10.6 Å². The van der Waals surface area contributed by atoms with Crippen molar-refractivity contribution in [2.75, 3.05) is 11.9 Å². The van der Waals surface area contributed by atoms with Gasteiger partial charge in [0.25, 0.3) is 5.91 Å². The SMILES string of the molecule is Cc1cc(C(=O)NCC(C)C)ccc1NC(=O)CC(O)C(C)C. The number of aliphatic hydroxyl groups excluding tert-OH is 1. The van der Waals surface area contributed by atoms with Gasteiger partial charge in [0.15, 0.2) is 0 Å². The van der Waals surface area contributed by atoms with Crippen molar-refractivity contribution in [2.24, 2.45) is 11.8 Å².